The quantitative estimate of drug-likeness (QED) is 0.469. The largest absolute Gasteiger partial charge is 0.379 e. The highest BCUT2D eigenvalue weighted by Crippen LogP contribution is 1.95. The van der Waals surface area contributed by atoms with E-state index < -0.39 is 0 Å². The van der Waals surface area contributed by atoms with Crippen molar-refractivity contribution in [2.45, 2.75) is 6.92 Å². The lowest BCUT2D eigenvalue weighted by atomic mass is 10.4. The molecule has 1 aliphatic heterocycles. The Balaban J connectivity index is 1.92. The number of ether oxygens (including phenoxy) is 2. The van der Waals surface area contributed by atoms with E-state index in [0.717, 1.165) is 46.1 Å². The molecule has 0 N–H and O–H groups in total. The van der Waals surface area contributed by atoms with Crippen LogP contribution in [-0.2, 0) is 9.47 Å². The van der Waals surface area contributed by atoms with Gasteiger partial charge in [0, 0.05) is 19.6 Å². The van der Waals surface area contributed by atoms with Gasteiger partial charge in [0.2, 0.25) is 0 Å². The van der Waals surface area contributed by atoms with Crippen molar-refractivity contribution in [3.63, 3.8) is 0 Å². The second kappa shape index (κ2) is 7.06. The summed E-state index contributed by atoms with van der Waals surface area (Å²) >= 11 is 0. The van der Waals surface area contributed by atoms with Gasteiger partial charge in [-0.1, -0.05) is 12.2 Å². The van der Waals surface area contributed by atoms with Crippen LogP contribution in [0.3, 0.4) is 0 Å². The first kappa shape index (κ1) is 10.7. The highest BCUT2D eigenvalue weighted by molar-refractivity contribution is 4.75. The third-order valence-corrected chi connectivity index (χ3v) is 2.11. The van der Waals surface area contributed by atoms with Crippen molar-refractivity contribution in [1.82, 2.24) is 4.90 Å². The van der Waals surface area contributed by atoms with Crippen molar-refractivity contribution in [2.75, 3.05) is 46.1 Å². The first-order valence-corrected chi connectivity index (χ1v) is 4.92. The predicted octanol–water partition coefficient (Wildman–Crippen LogP) is 0.911. The van der Waals surface area contributed by atoms with E-state index in [9.17, 15) is 0 Å². The molecule has 0 bridgehead atoms. The van der Waals surface area contributed by atoms with Gasteiger partial charge < -0.3 is 9.47 Å². The van der Waals surface area contributed by atoms with Crippen LogP contribution in [0.4, 0.5) is 0 Å². The lowest BCUT2D eigenvalue weighted by Gasteiger charge is -2.26. The van der Waals surface area contributed by atoms with Crippen LogP contribution in [0.25, 0.3) is 0 Å². The van der Waals surface area contributed by atoms with E-state index in [4.69, 9.17) is 9.47 Å². The highest BCUT2D eigenvalue weighted by Gasteiger charge is 2.08. The van der Waals surface area contributed by atoms with Crippen molar-refractivity contribution in [3.05, 3.63) is 12.2 Å². The van der Waals surface area contributed by atoms with Crippen LogP contribution in [0.2, 0.25) is 0 Å². The molecule has 1 fully saturated rings. The van der Waals surface area contributed by atoms with Crippen LogP contribution < -0.4 is 0 Å². The molecule has 1 aliphatic rings. The van der Waals surface area contributed by atoms with Crippen LogP contribution in [-0.4, -0.2) is 51.0 Å². The standard InChI is InChI=1S/C10H19NO2/c1-2-3-7-12-8-4-11-5-9-13-10-6-11/h2-3H,4-10H2,1H3/b3-2-. The molecule has 3 nitrogen and oxygen atoms in total. The summed E-state index contributed by atoms with van der Waals surface area (Å²) in [5, 5.41) is 0. The molecule has 0 amide bonds. The van der Waals surface area contributed by atoms with E-state index in [0.29, 0.717) is 0 Å². The van der Waals surface area contributed by atoms with Gasteiger partial charge in [-0.25, -0.2) is 0 Å². The zero-order chi connectivity index (χ0) is 9.36. The molecule has 1 heterocycles. The van der Waals surface area contributed by atoms with Gasteiger partial charge in [0.15, 0.2) is 0 Å². The maximum atomic E-state index is 5.41. The Bertz CT molecular complexity index is 142. The van der Waals surface area contributed by atoms with Crippen molar-refractivity contribution in [3.8, 4) is 0 Å². The van der Waals surface area contributed by atoms with Crippen LogP contribution in [0.5, 0.6) is 0 Å². The molecule has 0 radical (unpaired) electrons. The van der Waals surface area contributed by atoms with Crippen LogP contribution in [0.1, 0.15) is 6.92 Å². The third-order valence-electron chi connectivity index (χ3n) is 2.11. The van der Waals surface area contributed by atoms with Crippen molar-refractivity contribution >= 4 is 0 Å². The molecule has 76 valence electrons. The Morgan fingerprint density at radius 1 is 1.38 bits per heavy atom. The van der Waals surface area contributed by atoms with Crippen molar-refractivity contribution in [1.29, 1.82) is 0 Å². The molecule has 0 saturated carbocycles. The maximum Gasteiger partial charge on any atom is 0.0648 e. The van der Waals surface area contributed by atoms with E-state index in [1.807, 2.05) is 19.1 Å². The molecule has 0 aromatic carbocycles. The van der Waals surface area contributed by atoms with Gasteiger partial charge in [0.25, 0.3) is 0 Å². The number of allylic oxidation sites excluding steroid dienone is 1. The minimum atomic E-state index is 0.737. The Kier molecular flexibility index (Phi) is 5.81. The molecule has 13 heavy (non-hydrogen) atoms. The topological polar surface area (TPSA) is 21.7 Å². The van der Waals surface area contributed by atoms with E-state index in [-0.39, 0.29) is 0 Å². The molecule has 0 aliphatic carbocycles. The normalized spacial score (nSPS) is 19.8. The van der Waals surface area contributed by atoms with Crippen LogP contribution in [0, 0.1) is 0 Å². The first-order chi connectivity index (χ1) is 6.43. The smallest absolute Gasteiger partial charge is 0.0648 e. The summed E-state index contributed by atoms with van der Waals surface area (Å²) in [6, 6.07) is 0. The average Bonchev–Trinajstić information content (AvgIpc) is 2.19. The summed E-state index contributed by atoms with van der Waals surface area (Å²) in [6.07, 6.45) is 4.04. The summed E-state index contributed by atoms with van der Waals surface area (Å²) in [7, 11) is 0. The molecule has 0 aromatic rings. The van der Waals surface area contributed by atoms with Crippen molar-refractivity contribution in [2.24, 2.45) is 0 Å². The summed E-state index contributed by atoms with van der Waals surface area (Å²) in [5.41, 5.74) is 0. The fraction of sp³-hybridized carbons (Fsp3) is 0.800. The molecule has 0 aromatic heterocycles. The first-order valence-electron chi connectivity index (χ1n) is 4.92. The summed E-state index contributed by atoms with van der Waals surface area (Å²) in [4.78, 5) is 2.37. The Morgan fingerprint density at radius 2 is 2.15 bits per heavy atom. The fourth-order valence-corrected chi connectivity index (χ4v) is 1.27. The maximum absolute atomic E-state index is 5.41. The number of nitrogens with zero attached hydrogens (tertiary/aromatic N) is 1. The number of hydrogen-bond acceptors (Lipinski definition) is 3. The SMILES string of the molecule is C/C=C\COCCN1CCOCC1. The van der Waals surface area contributed by atoms with E-state index in [1.165, 1.54) is 0 Å². The second-order valence-corrected chi connectivity index (χ2v) is 3.10. The lowest BCUT2D eigenvalue weighted by Crippen LogP contribution is -2.38. The monoisotopic (exact) mass is 185 g/mol. The molecular formula is C10H19NO2. The number of morpholine rings is 1. The van der Waals surface area contributed by atoms with Gasteiger partial charge >= 0.3 is 0 Å². The van der Waals surface area contributed by atoms with E-state index >= 15 is 0 Å². The second-order valence-electron chi connectivity index (χ2n) is 3.10. The van der Waals surface area contributed by atoms with Gasteiger partial charge in [0.1, 0.15) is 0 Å². The van der Waals surface area contributed by atoms with Gasteiger partial charge in [-0.2, -0.15) is 0 Å². The highest BCUT2D eigenvalue weighted by atomic mass is 16.5. The molecule has 1 saturated heterocycles. The van der Waals surface area contributed by atoms with Crippen LogP contribution >= 0.6 is 0 Å². The van der Waals surface area contributed by atoms with Crippen LogP contribution in [0.15, 0.2) is 12.2 Å². The van der Waals surface area contributed by atoms with Gasteiger partial charge in [0.05, 0.1) is 26.4 Å². The van der Waals surface area contributed by atoms with E-state index in [2.05, 4.69) is 4.90 Å². The predicted molar refractivity (Wildman–Crippen MR) is 52.9 cm³/mol. The number of rotatable bonds is 5. The lowest BCUT2D eigenvalue weighted by molar-refractivity contribution is 0.0234. The average molecular weight is 185 g/mol. The summed E-state index contributed by atoms with van der Waals surface area (Å²) < 4.78 is 10.7. The third kappa shape index (κ3) is 5.03. The van der Waals surface area contributed by atoms with Gasteiger partial charge in [-0.3, -0.25) is 4.90 Å². The zero-order valence-corrected chi connectivity index (χ0v) is 8.37. The molecular weight excluding hydrogens is 166 g/mol. The summed E-state index contributed by atoms with van der Waals surface area (Å²) in [6.45, 7) is 8.43. The molecule has 3 heteroatoms. The Morgan fingerprint density at radius 3 is 2.85 bits per heavy atom. The number of hydrogen-bond donors (Lipinski definition) is 0. The molecule has 1 rings (SSSR count). The van der Waals surface area contributed by atoms with Gasteiger partial charge in [-0.15, -0.1) is 0 Å². The van der Waals surface area contributed by atoms with Crippen molar-refractivity contribution < 1.29 is 9.47 Å². The fourth-order valence-electron chi connectivity index (χ4n) is 1.27. The molecule has 0 atom stereocenters. The minimum Gasteiger partial charge on any atom is -0.379 e. The summed E-state index contributed by atoms with van der Waals surface area (Å²) in [5.74, 6) is 0. The van der Waals surface area contributed by atoms with E-state index in [1.54, 1.807) is 0 Å². The Labute approximate surface area is 80.3 Å². The van der Waals surface area contributed by atoms with Gasteiger partial charge in [-0.05, 0) is 6.92 Å². The Hall–Kier alpha value is -0.380. The minimum absolute atomic E-state index is 0.737. The molecule has 0 unspecified atom stereocenters. The zero-order valence-electron chi connectivity index (χ0n) is 8.37. The molecule has 0 spiro atoms.